The second-order valence-corrected chi connectivity index (χ2v) is 6.24. The molecule has 0 bridgehead atoms. The van der Waals surface area contributed by atoms with Crippen LogP contribution in [0.15, 0.2) is 0 Å². The molecule has 5 nitrogen and oxygen atoms in total. The molecule has 0 aromatic carbocycles. The molecule has 1 aromatic heterocycles. The molecule has 0 saturated carbocycles. The lowest BCUT2D eigenvalue weighted by Gasteiger charge is -2.35. The number of hydrogen-bond donors (Lipinski definition) is 1. The van der Waals surface area contributed by atoms with Gasteiger partial charge in [-0.1, -0.05) is 22.9 Å². The molecule has 2 atom stereocenters. The highest BCUT2D eigenvalue weighted by Gasteiger charge is 2.32. The van der Waals surface area contributed by atoms with Crippen LogP contribution in [-0.4, -0.2) is 48.3 Å². The van der Waals surface area contributed by atoms with E-state index in [0.717, 1.165) is 13.2 Å². The molecule has 19 heavy (non-hydrogen) atoms. The maximum Gasteiger partial charge on any atom is 0.185 e. The van der Waals surface area contributed by atoms with Gasteiger partial charge in [-0.3, -0.25) is 4.90 Å². The number of morpholine rings is 1. The molecule has 1 aromatic rings. The molecule has 7 heteroatoms. The predicted octanol–water partition coefficient (Wildman–Crippen LogP) is 1.94. The summed E-state index contributed by atoms with van der Waals surface area (Å²) in [7, 11) is 0. The Morgan fingerprint density at radius 1 is 1.63 bits per heavy atom. The third-order valence-electron chi connectivity index (χ3n) is 3.63. The molecule has 2 aliphatic heterocycles. The number of thiazole rings is 1. The van der Waals surface area contributed by atoms with Gasteiger partial charge in [0, 0.05) is 19.1 Å². The monoisotopic (exact) mass is 298 g/mol. The van der Waals surface area contributed by atoms with Crippen molar-refractivity contribution in [3.8, 4) is 6.07 Å². The number of fused-ring (bicyclic) bond motifs is 1. The van der Waals surface area contributed by atoms with E-state index < -0.39 is 0 Å². The van der Waals surface area contributed by atoms with Crippen LogP contribution in [0.25, 0.3) is 0 Å². The summed E-state index contributed by atoms with van der Waals surface area (Å²) in [5.74, 6) is 0. The Morgan fingerprint density at radius 2 is 2.53 bits per heavy atom. The van der Waals surface area contributed by atoms with E-state index >= 15 is 0 Å². The Labute approximate surface area is 121 Å². The van der Waals surface area contributed by atoms with E-state index in [1.54, 1.807) is 0 Å². The first-order valence-corrected chi connectivity index (χ1v) is 7.61. The van der Waals surface area contributed by atoms with Gasteiger partial charge in [0.2, 0.25) is 0 Å². The smallest absolute Gasteiger partial charge is 0.185 e. The molecule has 1 N–H and O–H groups in total. The van der Waals surface area contributed by atoms with Crippen molar-refractivity contribution < 1.29 is 4.74 Å². The second-order valence-electron chi connectivity index (χ2n) is 4.88. The molecule has 3 heterocycles. The Morgan fingerprint density at radius 3 is 3.32 bits per heavy atom. The summed E-state index contributed by atoms with van der Waals surface area (Å²) in [5, 5.41) is 13.0. The van der Waals surface area contributed by atoms with Crippen molar-refractivity contribution in [3.63, 3.8) is 0 Å². The van der Waals surface area contributed by atoms with Crippen molar-refractivity contribution >= 4 is 28.1 Å². The summed E-state index contributed by atoms with van der Waals surface area (Å²) >= 11 is 7.12. The second kappa shape index (κ2) is 5.63. The van der Waals surface area contributed by atoms with Crippen LogP contribution in [0.4, 0.5) is 5.13 Å². The van der Waals surface area contributed by atoms with Crippen LogP contribution in [0.1, 0.15) is 17.7 Å². The Kier molecular flexibility index (Phi) is 3.89. The summed E-state index contributed by atoms with van der Waals surface area (Å²) in [6.07, 6.45) is 2.72. The third-order valence-corrected chi connectivity index (χ3v) is 4.93. The lowest BCUT2D eigenvalue weighted by atomic mass is 10.2. The number of aromatic nitrogens is 1. The molecule has 0 amide bonds. The van der Waals surface area contributed by atoms with Gasteiger partial charge in [0.15, 0.2) is 10.3 Å². The number of halogens is 1. The SMILES string of the molecule is N#Cc1sc(NCC2CN3CCCC3CO2)nc1Cl. The van der Waals surface area contributed by atoms with E-state index in [4.69, 9.17) is 21.6 Å². The largest absolute Gasteiger partial charge is 0.373 e. The number of nitrogens with zero attached hydrogens (tertiary/aromatic N) is 3. The molecule has 2 aliphatic rings. The van der Waals surface area contributed by atoms with Gasteiger partial charge in [0.25, 0.3) is 0 Å². The van der Waals surface area contributed by atoms with Crippen LogP contribution < -0.4 is 5.32 Å². The van der Waals surface area contributed by atoms with Gasteiger partial charge in [-0.05, 0) is 19.4 Å². The number of rotatable bonds is 3. The van der Waals surface area contributed by atoms with Crippen molar-refractivity contribution in [2.75, 3.05) is 31.6 Å². The molecule has 0 radical (unpaired) electrons. The maximum atomic E-state index is 8.83. The van der Waals surface area contributed by atoms with Crippen LogP contribution in [-0.2, 0) is 4.74 Å². The fourth-order valence-electron chi connectivity index (χ4n) is 2.66. The zero-order valence-electron chi connectivity index (χ0n) is 10.4. The van der Waals surface area contributed by atoms with E-state index in [-0.39, 0.29) is 11.3 Å². The van der Waals surface area contributed by atoms with E-state index in [1.165, 1.54) is 30.7 Å². The quantitative estimate of drug-likeness (QED) is 0.924. The molecule has 0 aliphatic carbocycles. The van der Waals surface area contributed by atoms with Crippen molar-refractivity contribution in [2.45, 2.75) is 25.0 Å². The third kappa shape index (κ3) is 2.84. The van der Waals surface area contributed by atoms with Gasteiger partial charge in [-0.2, -0.15) is 5.26 Å². The number of nitriles is 1. The molecule has 2 saturated heterocycles. The number of nitrogens with one attached hydrogen (secondary N) is 1. The Hall–Kier alpha value is -0.870. The summed E-state index contributed by atoms with van der Waals surface area (Å²) in [4.78, 5) is 7.07. The van der Waals surface area contributed by atoms with Crippen molar-refractivity contribution in [1.29, 1.82) is 5.26 Å². The normalized spacial score (nSPS) is 26.9. The first kappa shape index (κ1) is 13.1. The topological polar surface area (TPSA) is 61.2 Å². The maximum absolute atomic E-state index is 8.83. The van der Waals surface area contributed by atoms with Crippen LogP contribution in [0, 0.1) is 11.3 Å². The van der Waals surface area contributed by atoms with Crippen LogP contribution in [0.2, 0.25) is 5.15 Å². The number of hydrogen-bond acceptors (Lipinski definition) is 6. The summed E-state index contributed by atoms with van der Waals surface area (Å²) in [5.41, 5.74) is 0. The summed E-state index contributed by atoms with van der Waals surface area (Å²) < 4.78 is 5.85. The molecule has 102 valence electrons. The zero-order valence-corrected chi connectivity index (χ0v) is 12.0. The highest BCUT2D eigenvalue weighted by molar-refractivity contribution is 7.16. The van der Waals surface area contributed by atoms with Crippen molar-refractivity contribution in [1.82, 2.24) is 9.88 Å². The van der Waals surface area contributed by atoms with Crippen molar-refractivity contribution in [3.05, 3.63) is 10.0 Å². The summed E-state index contributed by atoms with van der Waals surface area (Å²) in [6.45, 7) is 3.69. The fourth-order valence-corrected chi connectivity index (χ4v) is 3.61. The van der Waals surface area contributed by atoms with Gasteiger partial charge in [-0.25, -0.2) is 4.98 Å². The highest BCUT2D eigenvalue weighted by Crippen LogP contribution is 2.27. The predicted molar refractivity (Wildman–Crippen MR) is 74.7 cm³/mol. The average Bonchev–Trinajstić information content (AvgIpc) is 3.01. The minimum Gasteiger partial charge on any atom is -0.373 e. The number of ether oxygens (including phenoxy) is 1. The van der Waals surface area contributed by atoms with Gasteiger partial charge in [0.05, 0.1) is 12.7 Å². The standard InChI is InChI=1S/C12H15ClN4OS/c13-11-10(4-14)19-12(16-11)15-5-9-6-17-3-1-2-8(17)7-18-9/h8-9H,1-3,5-7H2,(H,15,16). The molecule has 3 rings (SSSR count). The summed E-state index contributed by atoms with van der Waals surface area (Å²) in [6, 6.07) is 2.65. The molecular weight excluding hydrogens is 284 g/mol. The minimum atomic E-state index is 0.183. The first-order valence-electron chi connectivity index (χ1n) is 6.42. The lowest BCUT2D eigenvalue weighted by Crippen LogP contribution is -2.48. The van der Waals surface area contributed by atoms with Crippen molar-refractivity contribution in [2.24, 2.45) is 0 Å². The Bertz CT molecular complexity index is 500. The fraction of sp³-hybridized carbons (Fsp3) is 0.667. The van der Waals surface area contributed by atoms with Gasteiger partial charge < -0.3 is 10.1 Å². The lowest BCUT2D eigenvalue weighted by molar-refractivity contribution is -0.0415. The van der Waals surface area contributed by atoms with Crippen LogP contribution in [0.3, 0.4) is 0 Å². The average molecular weight is 299 g/mol. The van der Waals surface area contributed by atoms with E-state index in [2.05, 4.69) is 15.2 Å². The Balaban J connectivity index is 1.53. The highest BCUT2D eigenvalue weighted by atomic mass is 35.5. The number of anilines is 1. The van der Waals surface area contributed by atoms with Crippen LogP contribution >= 0.6 is 22.9 Å². The van der Waals surface area contributed by atoms with E-state index in [0.29, 0.717) is 22.6 Å². The van der Waals surface area contributed by atoms with Gasteiger partial charge >= 0.3 is 0 Å². The van der Waals surface area contributed by atoms with Gasteiger partial charge in [-0.15, -0.1) is 0 Å². The molecule has 2 fully saturated rings. The molecule has 0 spiro atoms. The van der Waals surface area contributed by atoms with E-state index in [1.807, 2.05) is 6.07 Å². The van der Waals surface area contributed by atoms with Gasteiger partial charge in [0.1, 0.15) is 10.9 Å². The zero-order chi connectivity index (χ0) is 13.2. The van der Waals surface area contributed by atoms with E-state index in [9.17, 15) is 0 Å². The molecular formula is C12H15ClN4OS. The van der Waals surface area contributed by atoms with Crippen LogP contribution in [0.5, 0.6) is 0 Å². The molecule has 2 unspecified atom stereocenters. The first-order chi connectivity index (χ1) is 9.26. The minimum absolute atomic E-state index is 0.183.